The molecule has 106 valence electrons. The van der Waals surface area contributed by atoms with Gasteiger partial charge < -0.3 is 5.73 Å². The van der Waals surface area contributed by atoms with E-state index in [1.807, 2.05) is 36.4 Å². The van der Waals surface area contributed by atoms with Crippen molar-refractivity contribution in [1.82, 2.24) is 4.98 Å². The second-order valence-electron chi connectivity index (χ2n) is 4.50. The molecule has 0 saturated heterocycles. The highest BCUT2D eigenvalue weighted by Crippen LogP contribution is 2.27. The van der Waals surface area contributed by atoms with Gasteiger partial charge in [-0.25, -0.2) is 9.98 Å². The fourth-order valence-corrected chi connectivity index (χ4v) is 2.52. The van der Waals surface area contributed by atoms with Gasteiger partial charge >= 0.3 is 0 Å². The summed E-state index contributed by atoms with van der Waals surface area (Å²) in [7, 11) is 0. The SMILES string of the molecule is NC1C=C(c2ccccc2)N=C(Cl)N1c1ccc(Cl)nc1. The number of hydrogen-bond donors (Lipinski definition) is 1. The normalized spacial score (nSPS) is 18.2. The van der Waals surface area contributed by atoms with E-state index in [1.165, 1.54) is 0 Å². The Labute approximate surface area is 132 Å². The maximum absolute atomic E-state index is 6.29. The quantitative estimate of drug-likeness (QED) is 0.681. The van der Waals surface area contributed by atoms with Gasteiger partial charge in [-0.15, -0.1) is 0 Å². The topological polar surface area (TPSA) is 54.5 Å². The Bertz CT molecular complexity index is 695. The number of aliphatic imine (C=N–C) groups is 1. The van der Waals surface area contributed by atoms with E-state index in [0.717, 1.165) is 16.9 Å². The third-order valence-corrected chi connectivity index (χ3v) is 3.59. The summed E-state index contributed by atoms with van der Waals surface area (Å²) in [5.74, 6) is 0. The Kier molecular flexibility index (Phi) is 3.92. The van der Waals surface area contributed by atoms with E-state index in [0.29, 0.717) is 10.4 Å². The van der Waals surface area contributed by atoms with Gasteiger partial charge in [-0.2, -0.15) is 0 Å². The Morgan fingerprint density at radius 1 is 1.05 bits per heavy atom. The fourth-order valence-electron chi connectivity index (χ4n) is 2.11. The van der Waals surface area contributed by atoms with Crippen LogP contribution in [0, 0.1) is 0 Å². The van der Waals surface area contributed by atoms with Crippen LogP contribution >= 0.6 is 23.2 Å². The van der Waals surface area contributed by atoms with Crippen LogP contribution in [0.15, 0.2) is 59.7 Å². The summed E-state index contributed by atoms with van der Waals surface area (Å²) in [5.41, 5.74) is 8.66. The van der Waals surface area contributed by atoms with E-state index in [9.17, 15) is 0 Å². The summed E-state index contributed by atoms with van der Waals surface area (Å²) in [5, 5.41) is 0.714. The van der Waals surface area contributed by atoms with Crippen molar-refractivity contribution in [3.05, 3.63) is 65.5 Å². The van der Waals surface area contributed by atoms with Gasteiger partial charge in [-0.05, 0) is 29.8 Å². The van der Waals surface area contributed by atoms with Crippen molar-refractivity contribution in [2.24, 2.45) is 10.7 Å². The molecule has 0 fully saturated rings. The molecule has 0 aliphatic carbocycles. The van der Waals surface area contributed by atoms with Crippen LogP contribution in [0.25, 0.3) is 5.70 Å². The van der Waals surface area contributed by atoms with Gasteiger partial charge in [0.05, 0.1) is 17.6 Å². The van der Waals surface area contributed by atoms with Crippen LogP contribution in [0.5, 0.6) is 0 Å². The Morgan fingerprint density at radius 2 is 1.81 bits per heavy atom. The zero-order chi connectivity index (χ0) is 14.8. The number of rotatable bonds is 2. The molecule has 0 bridgehead atoms. The predicted octanol–water partition coefficient (Wildman–Crippen LogP) is 3.48. The van der Waals surface area contributed by atoms with Crippen LogP contribution < -0.4 is 10.6 Å². The first-order chi connectivity index (χ1) is 10.1. The highest BCUT2D eigenvalue weighted by molar-refractivity contribution is 6.68. The lowest BCUT2D eigenvalue weighted by molar-refractivity contribution is 0.838. The molecule has 2 heterocycles. The van der Waals surface area contributed by atoms with E-state index >= 15 is 0 Å². The number of aromatic nitrogens is 1. The van der Waals surface area contributed by atoms with Crippen LogP contribution in [0.1, 0.15) is 5.56 Å². The van der Waals surface area contributed by atoms with Crippen LogP contribution in [0.3, 0.4) is 0 Å². The number of benzene rings is 1. The molecule has 1 unspecified atom stereocenters. The highest BCUT2D eigenvalue weighted by atomic mass is 35.5. The number of hydrogen-bond acceptors (Lipinski definition) is 4. The summed E-state index contributed by atoms with van der Waals surface area (Å²) in [6.45, 7) is 0. The van der Waals surface area contributed by atoms with Gasteiger partial charge in [0, 0.05) is 5.56 Å². The smallest absolute Gasteiger partial charge is 0.205 e. The maximum atomic E-state index is 6.29. The fraction of sp³-hybridized carbons (Fsp3) is 0.0667. The summed E-state index contributed by atoms with van der Waals surface area (Å²) in [6.07, 6.45) is 3.05. The lowest BCUT2D eigenvalue weighted by Crippen LogP contribution is -2.45. The van der Waals surface area contributed by atoms with E-state index < -0.39 is 6.17 Å². The van der Waals surface area contributed by atoms with Crippen molar-refractivity contribution < 1.29 is 0 Å². The number of amidine groups is 1. The Balaban J connectivity index is 1.94. The number of halogens is 2. The molecule has 6 heteroatoms. The molecule has 1 aromatic carbocycles. The maximum Gasteiger partial charge on any atom is 0.205 e. The zero-order valence-corrected chi connectivity index (χ0v) is 12.5. The minimum Gasteiger partial charge on any atom is -0.308 e. The molecule has 1 atom stereocenters. The molecule has 2 aromatic rings. The van der Waals surface area contributed by atoms with Crippen molar-refractivity contribution in [1.29, 1.82) is 0 Å². The van der Waals surface area contributed by atoms with Gasteiger partial charge in [0.1, 0.15) is 11.3 Å². The van der Waals surface area contributed by atoms with E-state index in [2.05, 4.69) is 9.98 Å². The minimum absolute atomic E-state index is 0.299. The van der Waals surface area contributed by atoms with Crippen LogP contribution in [0.4, 0.5) is 5.69 Å². The molecular weight excluding hydrogens is 307 g/mol. The van der Waals surface area contributed by atoms with E-state index in [4.69, 9.17) is 28.9 Å². The Hall–Kier alpha value is -1.88. The lowest BCUT2D eigenvalue weighted by Gasteiger charge is -2.30. The van der Waals surface area contributed by atoms with Crippen LogP contribution in [-0.2, 0) is 0 Å². The molecule has 1 aromatic heterocycles. The molecule has 0 saturated carbocycles. The number of nitrogens with two attached hydrogens (primary N) is 1. The summed E-state index contributed by atoms with van der Waals surface area (Å²) < 4.78 is 0. The van der Waals surface area contributed by atoms with Gasteiger partial charge in [0.15, 0.2) is 0 Å². The van der Waals surface area contributed by atoms with Crippen molar-refractivity contribution in [3.63, 3.8) is 0 Å². The first-order valence-electron chi connectivity index (χ1n) is 6.33. The van der Waals surface area contributed by atoms with Crippen LogP contribution in [-0.4, -0.2) is 16.4 Å². The average molecular weight is 319 g/mol. The van der Waals surface area contributed by atoms with Crippen molar-refractivity contribution >= 4 is 39.9 Å². The molecule has 3 rings (SSSR count). The first-order valence-corrected chi connectivity index (χ1v) is 7.08. The second-order valence-corrected chi connectivity index (χ2v) is 5.22. The van der Waals surface area contributed by atoms with Gasteiger partial charge in [-0.1, -0.05) is 41.9 Å². The summed E-state index contributed by atoms with van der Waals surface area (Å²) >= 11 is 12.1. The molecule has 2 N–H and O–H groups in total. The molecule has 4 nitrogen and oxygen atoms in total. The summed E-state index contributed by atoms with van der Waals surface area (Å²) in [4.78, 5) is 10.1. The van der Waals surface area contributed by atoms with Gasteiger partial charge in [0.2, 0.25) is 5.29 Å². The average Bonchev–Trinajstić information content (AvgIpc) is 2.49. The standard InChI is InChI=1S/C15H12Cl2N4/c16-13-7-6-11(9-19-13)21-14(18)8-12(20-15(21)17)10-4-2-1-3-5-10/h1-9,14H,18H2. The zero-order valence-electron chi connectivity index (χ0n) is 10.9. The number of pyridine rings is 1. The molecular formula is C15H12Cl2N4. The molecule has 0 spiro atoms. The molecule has 1 aliphatic heterocycles. The van der Waals surface area contributed by atoms with Crippen molar-refractivity contribution in [2.45, 2.75) is 6.17 Å². The van der Waals surface area contributed by atoms with Gasteiger partial charge in [-0.3, -0.25) is 4.90 Å². The van der Waals surface area contributed by atoms with E-state index in [1.54, 1.807) is 23.2 Å². The molecule has 21 heavy (non-hydrogen) atoms. The monoisotopic (exact) mass is 318 g/mol. The molecule has 0 amide bonds. The number of nitrogens with zero attached hydrogens (tertiary/aromatic N) is 3. The number of anilines is 1. The third-order valence-electron chi connectivity index (χ3n) is 3.10. The second kappa shape index (κ2) is 5.85. The first kappa shape index (κ1) is 14.1. The highest BCUT2D eigenvalue weighted by Gasteiger charge is 2.23. The Morgan fingerprint density at radius 3 is 2.43 bits per heavy atom. The minimum atomic E-state index is -0.423. The largest absolute Gasteiger partial charge is 0.308 e. The van der Waals surface area contributed by atoms with Crippen molar-refractivity contribution in [3.8, 4) is 0 Å². The lowest BCUT2D eigenvalue weighted by atomic mass is 10.1. The van der Waals surface area contributed by atoms with Crippen molar-refractivity contribution in [2.75, 3.05) is 4.90 Å². The van der Waals surface area contributed by atoms with E-state index in [-0.39, 0.29) is 0 Å². The van der Waals surface area contributed by atoms with Gasteiger partial charge in [0.25, 0.3) is 0 Å². The molecule has 0 radical (unpaired) electrons. The predicted molar refractivity (Wildman–Crippen MR) is 87.4 cm³/mol. The molecule has 1 aliphatic rings. The summed E-state index contributed by atoms with van der Waals surface area (Å²) in [6, 6.07) is 13.3. The van der Waals surface area contributed by atoms with Crippen LogP contribution in [0.2, 0.25) is 5.15 Å². The third kappa shape index (κ3) is 2.93.